The lowest BCUT2D eigenvalue weighted by Crippen LogP contribution is -2.07. The second kappa shape index (κ2) is 20.6. The molecular weight excluding hydrogens is 1210 g/mol. The van der Waals surface area contributed by atoms with Gasteiger partial charge in [-0.3, -0.25) is 0 Å². The van der Waals surface area contributed by atoms with Crippen LogP contribution in [0.5, 0.6) is 0 Å². The fourth-order valence-electron chi connectivity index (χ4n) is 16.2. The Bertz CT molecular complexity index is 6410. The molecule has 6 heterocycles. The van der Waals surface area contributed by atoms with Gasteiger partial charge in [0.25, 0.3) is 0 Å². The largest absolute Gasteiger partial charge is 0.416 e. The van der Waals surface area contributed by atoms with Crippen molar-refractivity contribution in [3.05, 3.63) is 314 Å². The number of aromatic nitrogens is 6. The second-order valence-electron chi connectivity index (χ2n) is 25.4. The average Bonchev–Trinajstić information content (AvgIpc) is 1.55. The molecule has 6 aromatic heterocycles. The number of benzene rings is 14. The van der Waals surface area contributed by atoms with Gasteiger partial charge in [0.05, 0.1) is 100 Å². The Morgan fingerprint density at radius 3 is 0.796 bits per heavy atom. The summed E-state index contributed by atoms with van der Waals surface area (Å²) in [5.74, 6) is 0. The molecule has 0 N–H and O–H groups in total. The van der Waals surface area contributed by atoms with E-state index >= 15 is 13.2 Å². The van der Waals surface area contributed by atoms with Crippen molar-refractivity contribution in [2.75, 3.05) is 0 Å². The normalized spacial score (nSPS) is 12.2. The number of alkyl halides is 3. The first kappa shape index (κ1) is 55.1. The fraction of sp³-hybridized carbons (Fsp3) is 0.0115. The Labute approximate surface area is 556 Å². The molecule has 0 saturated heterocycles. The van der Waals surface area contributed by atoms with Crippen LogP contribution in [0.4, 0.5) is 13.2 Å². The summed E-state index contributed by atoms with van der Waals surface area (Å²) in [4.78, 5) is 0. The topological polar surface area (TPSA) is 77.2 Å². The number of nitriles is 2. The Kier molecular flexibility index (Phi) is 11.6. The third-order valence-electron chi connectivity index (χ3n) is 20.2. The van der Waals surface area contributed by atoms with Crippen LogP contribution in [0.25, 0.3) is 176 Å². The highest BCUT2D eigenvalue weighted by Crippen LogP contribution is 2.47. The average molecular weight is 1260 g/mol. The van der Waals surface area contributed by atoms with Crippen LogP contribution in [0.2, 0.25) is 0 Å². The lowest BCUT2D eigenvalue weighted by molar-refractivity contribution is -0.137. The van der Waals surface area contributed by atoms with Crippen molar-refractivity contribution >= 4 is 131 Å². The molecule has 20 rings (SSSR count). The van der Waals surface area contributed by atoms with Crippen LogP contribution >= 0.6 is 0 Å². The molecule has 0 aliphatic carbocycles. The van der Waals surface area contributed by atoms with E-state index in [0.29, 0.717) is 16.9 Å². The van der Waals surface area contributed by atoms with Gasteiger partial charge in [0.1, 0.15) is 6.07 Å². The number of hydrogen-bond acceptors (Lipinski definition) is 2. The van der Waals surface area contributed by atoms with Gasteiger partial charge in [0.15, 0.2) is 0 Å². The van der Waals surface area contributed by atoms with Crippen LogP contribution in [-0.4, -0.2) is 27.4 Å². The Balaban J connectivity index is 0.890. The summed E-state index contributed by atoms with van der Waals surface area (Å²) in [5.41, 5.74) is 15.6. The van der Waals surface area contributed by atoms with Crippen molar-refractivity contribution in [3.63, 3.8) is 0 Å². The zero-order chi connectivity index (χ0) is 65.2. The van der Waals surface area contributed by atoms with Gasteiger partial charge in [-0.05, 0) is 157 Å². The molecule has 0 bridgehead atoms. The predicted octanol–water partition coefficient (Wildman–Crippen LogP) is 22.7. The van der Waals surface area contributed by atoms with Crippen LogP contribution in [0, 0.1) is 22.7 Å². The maximum atomic E-state index is 15.5. The van der Waals surface area contributed by atoms with Crippen molar-refractivity contribution in [1.82, 2.24) is 27.4 Å². The summed E-state index contributed by atoms with van der Waals surface area (Å²) in [6.45, 7) is 0. The second-order valence-corrected chi connectivity index (χ2v) is 25.4. The number of hydrogen-bond donors (Lipinski definition) is 0. The molecule has 0 aliphatic rings. The van der Waals surface area contributed by atoms with E-state index in [9.17, 15) is 10.5 Å². The first-order valence-electron chi connectivity index (χ1n) is 32.5. The Hall–Kier alpha value is -13.4. The lowest BCUT2D eigenvalue weighted by Gasteiger charge is -2.20. The van der Waals surface area contributed by atoms with E-state index in [4.69, 9.17) is 0 Å². The summed E-state index contributed by atoms with van der Waals surface area (Å²) >= 11 is 0. The first-order chi connectivity index (χ1) is 48.2. The molecule has 20 aromatic rings. The van der Waals surface area contributed by atoms with Crippen LogP contribution in [-0.2, 0) is 6.18 Å². The third-order valence-corrected chi connectivity index (χ3v) is 20.2. The summed E-state index contributed by atoms with van der Waals surface area (Å²) in [7, 11) is 0. The number of nitrogens with zero attached hydrogens (tertiary/aromatic N) is 8. The minimum absolute atomic E-state index is 0.152. The predicted molar refractivity (Wildman–Crippen MR) is 392 cm³/mol. The van der Waals surface area contributed by atoms with E-state index in [1.165, 1.54) is 6.07 Å². The zero-order valence-corrected chi connectivity index (χ0v) is 52.0. The zero-order valence-electron chi connectivity index (χ0n) is 52.0. The van der Waals surface area contributed by atoms with Gasteiger partial charge >= 0.3 is 6.18 Å². The third kappa shape index (κ3) is 7.87. The maximum absolute atomic E-state index is 15.5. The van der Waals surface area contributed by atoms with Crippen LogP contribution in [0.15, 0.2) is 297 Å². The molecule has 98 heavy (non-hydrogen) atoms. The molecule has 8 nitrogen and oxygen atoms in total. The molecule has 0 fully saturated rings. The SMILES string of the molecule is N#Cc1cc(-c2cc(-n3c4ccc(-n5c6ccccc6c6ccccc65)cc4c4cc(-n5c6ccccc6c6ccccc65)ccc43)c(C#N)cc2-n2c3ccc(-n4c5ccccc5c5ccccc54)cc3c3cc(-n4c5ccccc5c5ccccc54)ccc32)cc(C(F)(F)F)c1. The first-order valence-corrected chi connectivity index (χ1v) is 32.5. The van der Waals surface area contributed by atoms with E-state index in [0.717, 1.165) is 166 Å². The quantitative estimate of drug-likeness (QED) is 0.159. The van der Waals surface area contributed by atoms with Crippen LogP contribution in [0.1, 0.15) is 16.7 Å². The number of para-hydroxylation sites is 8. The summed E-state index contributed by atoms with van der Waals surface area (Å²) in [5, 5.41) is 35.1. The van der Waals surface area contributed by atoms with Gasteiger partial charge in [-0.15, -0.1) is 0 Å². The monoisotopic (exact) mass is 1260 g/mol. The summed E-state index contributed by atoms with van der Waals surface area (Å²) < 4.78 is 59.8. The minimum Gasteiger partial charge on any atom is -0.309 e. The molecule has 0 aliphatic heterocycles. The van der Waals surface area contributed by atoms with Crippen molar-refractivity contribution in [3.8, 4) is 57.4 Å². The van der Waals surface area contributed by atoms with Gasteiger partial charge in [-0.1, -0.05) is 146 Å². The van der Waals surface area contributed by atoms with Crippen LogP contribution in [0.3, 0.4) is 0 Å². The smallest absolute Gasteiger partial charge is 0.309 e. The van der Waals surface area contributed by atoms with E-state index in [1.807, 2.05) is 12.1 Å². The highest BCUT2D eigenvalue weighted by molar-refractivity contribution is 6.17. The highest BCUT2D eigenvalue weighted by Gasteiger charge is 2.33. The molecule has 11 heteroatoms. The fourth-order valence-corrected chi connectivity index (χ4v) is 16.2. The van der Waals surface area contributed by atoms with Crippen molar-refractivity contribution in [1.29, 1.82) is 10.5 Å². The van der Waals surface area contributed by atoms with Crippen molar-refractivity contribution in [2.24, 2.45) is 0 Å². The summed E-state index contributed by atoms with van der Waals surface area (Å²) in [6, 6.07) is 105. The molecule has 14 aromatic carbocycles. The number of halogens is 3. The Morgan fingerprint density at radius 1 is 0.245 bits per heavy atom. The molecule has 0 spiro atoms. The summed E-state index contributed by atoms with van der Waals surface area (Å²) in [6.07, 6.45) is -4.81. The molecule has 0 amide bonds. The standard InChI is InChI=1S/C87H49F3N8/c88-87(89,90)55-42-52(50-91)41-53(43-55)68-49-85(97-81-37-33-56(93-73-25-9-1-17-60(73)61-18-2-10-26-74(61)93)45-69(81)70-46-57(34-38-82(70)97)94-75-27-11-3-19-62(75)63-20-4-12-28-76(63)94)54(51-92)44-86(68)98-83-39-35-58(95-77-29-13-5-21-64(77)65-22-6-14-30-78(65)95)47-71(83)72-48-59(36-40-84(72)98)96-79-31-15-7-23-66(79)67-24-8-16-32-80(67)96/h1-49H. The maximum Gasteiger partial charge on any atom is 0.416 e. The molecule has 0 unspecified atom stereocenters. The van der Waals surface area contributed by atoms with Crippen LogP contribution < -0.4 is 0 Å². The van der Waals surface area contributed by atoms with Crippen molar-refractivity contribution in [2.45, 2.75) is 6.18 Å². The van der Waals surface area contributed by atoms with Crippen molar-refractivity contribution < 1.29 is 13.2 Å². The Morgan fingerprint density at radius 2 is 0.520 bits per heavy atom. The van der Waals surface area contributed by atoms with Gasteiger partial charge in [0.2, 0.25) is 0 Å². The highest BCUT2D eigenvalue weighted by atomic mass is 19.4. The molecule has 0 atom stereocenters. The molecule has 0 radical (unpaired) electrons. The van der Waals surface area contributed by atoms with E-state index in [2.05, 4.69) is 306 Å². The van der Waals surface area contributed by atoms with Gasteiger partial charge in [-0.2, -0.15) is 23.7 Å². The minimum atomic E-state index is -4.81. The van der Waals surface area contributed by atoms with Gasteiger partial charge < -0.3 is 27.4 Å². The van der Waals surface area contributed by atoms with Gasteiger partial charge in [0, 0.05) is 92.9 Å². The van der Waals surface area contributed by atoms with E-state index < -0.39 is 11.7 Å². The van der Waals surface area contributed by atoms with Gasteiger partial charge in [-0.25, -0.2) is 0 Å². The van der Waals surface area contributed by atoms with E-state index in [-0.39, 0.29) is 16.7 Å². The molecule has 458 valence electrons. The number of rotatable bonds is 7. The number of fused-ring (bicyclic) bond motifs is 18. The molecule has 0 saturated carbocycles. The lowest BCUT2D eigenvalue weighted by atomic mass is 9.95. The van der Waals surface area contributed by atoms with E-state index in [1.54, 1.807) is 0 Å². The molecular formula is C87H49F3N8.